The van der Waals surface area contributed by atoms with Gasteiger partial charge in [-0.25, -0.2) is 14.0 Å². The lowest BCUT2D eigenvalue weighted by Crippen LogP contribution is -2.41. The third-order valence-electron chi connectivity index (χ3n) is 5.85. The van der Waals surface area contributed by atoms with E-state index in [1.54, 1.807) is 11.6 Å². The van der Waals surface area contributed by atoms with Gasteiger partial charge in [0, 0.05) is 31.3 Å². The first kappa shape index (κ1) is 19.3. The summed E-state index contributed by atoms with van der Waals surface area (Å²) in [6, 6.07) is 9.64. The molecule has 1 amide bonds. The van der Waals surface area contributed by atoms with E-state index in [1.807, 2.05) is 47.0 Å². The summed E-state index contributed by atoms with van der Waals surface area (Å²) in [5.41, 5.74) is 0.692. The van der Waals surface area contributed by atoms with E-state index in [4.69, 9.17) is 0 Å². The molecular formula is C21H28N4O2S. The van der Waals surface area contributed by atoms with Crippen LogP contribution in [0.3, 0.4) is 0 Å². The maximum absolute atomic E-state index is 12.8. The van der Waals surface area contributed by atoms with Crippen molar-refractivity contribution in [3.05, 3.63) is 46.6 Å². The molecule has 0 N–H and O–H groups in total. The minimum atomic E-state index is -0.138. The van der Waals surface area contributed by atoms with Crippen molar-refractivity contribution >= 4 is 17.7 Å². The summed E-state index contributed by atoms with van der Waals surface area (Å²) in [5, 5.41) is 5.19. The topological polar surface area (TPSA) is 60.1 Å². The van der Waals surface area contributed by atoms with Gasteiger partial charge in [0.25, 0.3) is 0 Å². The van der Waals surface area contributed by atoms with Gasteiger partial charge in [-0.05, 0) is 37.8 Å². The quantitative estimate of drug-likeness (QED) is 0.774. The predicted octanol–water partition coefficient (Wildman–Crippen LogP) is 2.95. The Morgan fingerprint density at radius 2 is 1.89 bits per heavy atom. The number of benzene rings is 1. The van der Waals surface area contributed by atoms with Crippen LogP contribution in [0.2, 0.25) is 0 Å². The Morgan fingerprint density at radius 3 is 2.64 bits per heavy atom. The van der Waals surface area contributed by atoms with Crippen LogP contribution >= 0.6 is 11.8 Å². The van der Waals surface area contributed by atoms with E-state index in [0.717, 1.165) is 30.9 Å². The number of aryl methyl sites for hydroxylation is 1. The molecule has 28 heavy (non-hydrogen) atoms. The lowest BCUT2D eigenvalue weighted by atomic mass is 9.97. The smallest absolute Gasteiger partial charge is 0.341 e. The maximum atomic E-state index is 12.8. The number of aromatic nitrogens is 3. The largest absolute Gasteiger partial charge is 0.350 e. The molecule has 2 fully saturated rings. The van der Waals surface area contributed by atoms with E-state index >= 15 is 0 Å². The van der Waals surface area contributed by atoms with E-state index in [1.165, 1.54) is 30.4 Å². The summed E-state index contributed by atoms with van der Waals surface area (Å²) in [5.74, 6) is 1.65. The molecule has 2 heterocycles. The van der Waals surface area contributed by atoms with Crippen LogP contribution < -0.4 is 5.69 Å². The average molecular weight is 401 g/mol. The van der Waals surface area contributed by atoms with Gasteiger partial charge >= 0.3 is 5.69 Å². The highest BCUT2D eigenvalue weighted by Gasteiger charge is 2.30. The molecule has 1 unspecified atom stereocenters. The molecule has 0 radical (unpaired) electrons. The summed E-state index contributed by atoms with van der Waals surface area (Å²) >= 11 is 1.82. The fourth-order valence-electron chi connectivity index (χ4n) is 4.32. The molecule has 2 aromatic rings. The van der Waals surface area contributed by atoms with E-state index in [0.29, 0.717) is 17.5 Å². The summed E-state index contributed by atoms with van der Waals surface area (Å²) in [6.07, 6.45) is 6.99. The number of hydrogen-bond acceptors (Lipinski definition) is 4. The predicted molar refractivity (Wildman–Crippen MR) is 112 cm³/mol. The van der Waals surface area contributed by atoms with E-state index in [9.17, 15) is 9.59 Å². The van der Waals surface area contributed by atoms with Gasteiger partial charge in [0.05, 0.1) is 11.4 Å². The molecule has 1 aromatic heterocycles. The lowest BCUT2D eigenvalue weighted by molar-refractivity contribution is -0.129. The van der Waals surface area contributed by atoms with Crippen molar-refractivity contribution in [2.75, 3.05) is 18.8 Å². The second-order valence-electron chi connectivity index (χ2n) is 7.83. The highest BCUT2D eigenvalue weighted by molar-refractivity contribution is 8.00. The normalized spacial score (nSPS) is 20.6. The third kappa shape index (κ3) is 4.04. The fraction of sp³-hybridized carbons (Fsp3) is 0.571. The highest BCUT2D eigenvalue weighted by atomic mass is 32.2. The molecule has 4 rings (SSSR count). The van der Waals surface area contributed by atoms with Crippen LogP contribution in [0.15, 0.2) is 35.1 Å². The Labute approximate surface area is 169 Å². The number of hydrogen-bond donors (Lipinski definition) is 0. The number of likely N-dealkylation sites (tertiary alicyclic amines) is 1. The number of piperidine rings is 1. The number of amides is 1. The maximum Gasteiger partial charge on any atom is 0.350 e. The molecule has 1 atom stereocenters. The number of rotatable bonds is 5. The zero-order valence-corrected chi connectivity index (χ0v) is 17.2. The second-order valence-corrected chi connectivity index (χ2v) is 9.12. The number of carbonyl (C=O) groups is 1. The van der Waals surface area contributed by atoms with Crippen LogP contribution in [-0.2, 0) is 11.8 Å². The van der Waals surface area contributed by atoms with Crippen molar-refractivity contribution in [2.45, 2.75) is 49.7 Å². The minimum Gasteiger partial charge on any atom is -0.341 e. The number of nitrogens with zero attached hydrogens (tertiary/aromatic N) is 4. The van der Waals surface area contributed by atoms with Crippen molar-refractivity contribution in [1.82, 2.24) is 19.2 Å². The number of thioether (sulfide) groups is 1. The molecule has 1 aliphatic heterocycles. The first-order chi connectivity index (χ1) is 13.6. The van der Waals surface area contributed by atoms with E-state index in [-0.39, 0.29) is 17.5 Å². The van der Waals surface area contributed by atoms with Crippen molar-refractivity contribution in [2.24, 2.45) is 7.05 Å². The zero-order chi connectivity index (χ0) is 19.5. The fourth-order valence-corrected chi connectivity index (χ4v) is 5.55. The Morgan fingerprint density at radius 1 is 1.14 bits per heavy atom. The van der Waals surface area contributed by atoms with Gasteiger partial charge in [-0.2, -0.15) is 5.10 Å². The SMILES string of the molecule is Cn1nc(C2CCCN(C(=O)CSC3CCCC3)C2)n(-c2ccccc2)c1=O. The van der Waals surface area contributed by atoms with Gasteiger partial charge in [0.1, 0.15) is 5.82 Å². The first-order valence-corrected chi connectivity index (χ1v) is 11.3. The van der Waals surface area contributed by atoms with Gasteiger partial charge in [-0.1, -0.05) is 31.0 Å². The average Bonchev–Trinajstić information content (AvgIpc) is 3.35. The van der Waals surface area contributed by atoms with Gasteiger partial charge in [0.15, 0.2) is 0 Å². The lowest BCUT2D eigenvalue weighted by Gasteiger charge is -2.32. The monoisotopic (exact) mass is 400 g/mol. The molecule has 150 valence electrons. The van der Waals surface area contributed by atoms with Crippen molar-refractivity contribution in [3.8, 4) is 5.69 Å². The van der Waals surface area contributed by atoms with Gasteiger partial charge < -0.3 is 4.90 Å². The Bertz CT molecular complexity index is 870. The van der Waals surface area contributed by atoms with Crippen LogP contribution in [0.4, 0.5) is 0 Å². The Hall–Kier alpha value is -2.02. The molecule has 0 spiro atoms. The molecule has 6 nitrogen and oxygen atoms in total. The summed E-state index contributed by atoms with van der Waals surface area (Å²) < 4.78 is 3.10. The van der Waals surface area contributed by atoms with Crippen molar-refractivity contribution in [3.63, 3.8) is 0 Å². The van der Waals surface area contributed by atoms with Crippen LogP contribution in [-0.4, -0.2) is 49.2 Å². The molecule has 1 aliphatic carbocycles. The van der Waals surface area contributed by atoms with Gasteiger partial charge in [0.2, 0.25) is 5.91 Å². The summed E-state index contributed by atoms with van der Waals surface area (Å²) in [6.45, 7) is 1.45. The van der Waals surface area contributed by atoms with E-state index < -0.39 is 0 Å². The third-order valence-corrected chi connectivity index (χ3v) is 7.20. The van der Waals surface area contributed by atoms with Crippen molar-refractivity contribution in [1.29, 1.82) is 0 Å². The molecular weight excluding hydrogens is 372 g/mol. The molecule has 1 aromatic carbocycles. The highest BCUT2D eigenvalue weighted by Crippen LogP contribution is 2.31. The summed E-state index contributed by atoms with van der Waals surface area (Å²) in [7, 11) is 1.69. The molecule has 1 saturated heterocycles. The molecule has 0 bridgehead atoms. The Balaban J connectivity index is 1.50. The van der Waals surface area contributed by atoms with E-state index in [2.05, 4.69) is 5.10 Å². The van der Waals surface area contributed by atoms with Crippen LogP contribution in [0.1, 0.15) is 50.3 Å². The Kier molecular flexibility index (Phi) is 5.90. The standard InChI is InChI=1S/C21H28N4O2S/c1-23-21(27)25(17-9-3-2-4-10-17)20(22-23)16-8-7-13-24(14-16)19(26)15-28-18-11-5-6-12-18/h2-4,9-10,16,18H,5-8,11-15H2,1H3. The molecule has 1 saturated carbocycles. The van der Waals surface area contributed by atoms with Crippen LogP contribution in [0.5, 0.6) is 0 Å². The summed E-state index contributed by atoms with van der Waals surface area (Å²) in [4.78, 5) is 27.4. The van der Waals surface area contributed by atoms with Crippen molar-refractivity contribution < 1.29 is 4.79 Å². The zero-order valence-electron chi connectivity index (χ0n) is 16.4. The molecule has 2 aliphatic rings. The minimum absolute atomic E-state index is 0.0864. The van der Waals surface area contributed by atoms with Crippen LogP contribution in [0, 0.1) is 0 Å². The second kappa shape index (κ2) is 8.55. The number of para-hydroxylation sites is 1. The van der Waals surface area contributed by atoms with Crippen LogP contribution in [0.25, 0.3) is 5.69 Å². The van der Waals surface area contributed by atoms with Gasteiger partial charge in [-0.3, -0.25) is 4.79 Å². The first-order valence-electron chi connectivity index (χ1n) is 10.2. The molecule has 7 heteroatoms. The number of carbonyl (C=O) groups excluding carboxylic acids is 1. The van der Waals surface area contributed by atoms with Gasteiger partial charge in [-0.15, -0.1) is 11.8 Å².